The van der Waals surface area contributed by atoms with Gasteiger partial charge in [0, 0.05) is 17.4 Å². The molecule has 23 heavy (non-hydrogen) atoms. The molecule has 0 fully saturated rings. The molecule has 0 bridgehead atoms. The van der Waals surface area contributed by atoms with E-state index in [4.69, 9.17) is 4.74 Å². The summed E-state index contributed by atoms with van der Waals surface area (Å²) in [4.78, 5) is 11.9. The van der Waals surface area contributed by atoms with Crippen molar-refractivity contribution in [1.29, 1.82) is 0 Å². The van der Waals surface area contributed by atoms with Gasteiger partial charge >= 0.3 is 0 Å². The number of amides is 1. The average molecular weight is 316 g/mol. The highest BCUT2D eigenvalue weighted by Crippen LogP contribution is 2.18. The quantitative estimate of drug-likeness (QED) is 0.814. The lowest BCUT2D eigenvalue weighted by molar-refractivity contribution is -0.114. The van der Waals surface area contributed by atoms with Crippen molar-refractivity contribution in [2.45, 2.75) is 13.8 Å². The van der Waals surface area contributed by atoms with Crippen LogP contribution in [0.4, 0.5) is 15.8 Å². The molecule has 0 aliphatic carbocycles. The van der Waals surface area contributed by atoms with Crippen molar-refractivity contribution < 1.29 is 13.9 Å². The molecule has 0 saturated heterocycles. The van der Waals surface area contributed by atoms with E-state index >= 15 is 0 Å². The van der Waals surface area contributed by atoms with Crippen molar-refractivity contribution in [1.82, 2.24) is 0 Å². The predicted molar refractivity (Wildman–Crippen MR) is 90.3 cm³/mol. The van der Waals surface area contributed by atoms with Crippen LogP contribution in [0.5, 0.6) is 5.75 Å². The van der Waals surface area contributed by atoms with Gasteiger partial charge in [-0.05, 0) is 42.3 Å². The van der Waals surface area contributed by atoms with Crippen LogP contribution in [-0.4, -0.2) is 19.1 Å². The zero-order valence-corrected chi connectivity index (χ0v) is 13.3. The monoisotopic (exact) mass is 316 g/mol. The molecule has 0 heterocycles. The molecule has 0 spiro atoms. The number of ether oxygens (including phenoxy) is 1. The number of rotatable bonds is 7. The lowest BCUT2D eigenvalue weighted by Gasteiger charge is -2.11. The summed E-state index contributed by atoms with van der Waals surface area (Å²) in [5.41, 5.74) is 1.37. The Morgan fingerprint density at radius 1 is 1.13 bits per heavy atom. The van der Waals surface area contributed by atoms with Crippen molar-refractivity contribution in [2.75, 3.05) is 23.8 Å². The maximum Gasteiger partial charge on any atom is 0.243 e. The number of anilines is 2. The molecule has 0 saturated carbocycles. The number of halogens is 1. The van der Waals surface area contributed by atoms with Crippen molar-refractivity contribution in [2.24, 2.45) is 5.92 Å². The Labute approximate surface area is 135 Å². The van der Waals surface area contributed by atoms with E-state index in [0.29, 0.717) is 23.9 Å². The van der Waals surface area contributed by atoms with Crippen LogP contribution in [0.25, 0.3) is 0 Å². The van der Waals surface area contributed by atoms with E-state index in [-0.39, 0.29) is 18.3 Å². The highest BCUT2D eigenvalue weighted by atomic mass is 19.1. The SMILES string of the molecule is CC(C)COc1cccc(NC(=O)CNc2ccc(F)cc2)c1. The number of hydrogen-bond acceptors (Lipinski definition) is 3. The van der Waals surface area contributed by atoms with E-state index in [1.165, 1.54) is 12.1 Å². The fourth-order valence-corrected chi connectivity index (χ4v) is 1.88. The van der Waals surface area contributed by atoms with Gasteiger partial charge in [-0.1, -0.05) is 19.9 Å². The van der Waals surface area contributed by atoms with Crippen LogP contribution in [0.3, 0.4) is 0 Å². The van der Waals surface area contributed by atoms with Crippen molar-refractivity contribution in [3.63, 3.8) is 0 Å². The van der Waals surface area contributed by atoms with Gasteiger partial charge in [0.1, 0.15) is 11.6 Å². The highest BCUT2D eigenvalue weighted by Gasteiger charge is 2.04. The predicted octanol–water partition coefficient (Wildman–Crippen LogP) is 3.91. The fourth-order valence-electron chi connectivity index (χ4n) is 1.88. The third-order valence-corrected chi connectivity index (χ3v) is 3.00. The first-order valence-electron chi connectivity index (χ1n) is 7.55. The van der Waals surface area contributed by atoms with E-state index in [1.807, 2.05) is 12.1 Å². The Morgan fingerprint density at radius 3 is 2.57 bits per heavy atom. The minimum Gasteiger partial charge on any atom is -0.493 e. The highest BCUT2D eigenvalue weighted by molar-refractivity contribution is 5.93. The second kappa shape index (κ2) is 8.17. The van der Waals surface area contributed by atoms with Gasteiger partial charge < -0.3 is 15.4 Å². The maximum atomic E-state index is 12.8. The maximum absolute atomic E-state index is 12.8. The summed E-state index contributed by atoms with van der Waals surface area (Å²) in [5.74, 6) is 0.671. The van der Waals surface area contributed by atoms with Crippen LogP contribution in [0.2, 0.25) is 0 Å². The molecular formula is C18H21FN2O2. The molecule has 122 valence electrons. The summed E-state index contributed by atoms with van der Waals surface area (Å²) in [6, 6.07) is 13.1. The van der Waals surface area contributed by atoms with Crippen LogP contribution < -0.4 is 15.4 Å². The molecule has 2 aromatic rings. The Bertz CT molecular complexity index is 642. The summed E-state index contributed by atoms with van der Waals surface area (Å²) in [6.45, 7) is 4.88. The van der Waals surface area contributed by atoms with Crippen LogP contribution in [0, 0.1) is 11.7 Å². The molecule has 5 heteroatoms. The zero-order chi connectivity index (χ0) is 16.7. The standard InChI is InChI=1S/C18H21FN2O2/c1-13(2)12-23-17-5-3-4-16(10-17)21-18(22)11-20-15-8-6-14(19)7-9-15/h3-10,13,20H,11-12H2,1-2H3,(H,21,22). The summed E-state index contributed by atoms with van der Waals surface area (Å²) >= 11 is 0. The first-order valence-corrected chi connectivity index (χ1v) is 7.55. The second-order valence-corrected chi connectivity index (χ2v) is 5.64. The molecule has 4 nitrogen and oxygen atoms in total. The first-order chi connectivity index (χ1) is 11.0. The number of hydrogen-bond donors (Lipinski definition) is 2. The van der Waals surface area contributed by atoms with Gasteiger partial charge in [-0.25, -0.2) is 4.39 Å². The third-order valence-electron chi connectivity index (χ3n) is 3.00. The smallest absolute Gasteiger partial charge is 0.243 e. The molecular weight excluding hydrogens is 295 g/mol. The van der Waals surface area contributed by atoms with Crippen LogP contribution in [-0.2, 0) is 4.79 Å². The van der Waals surface area contributed by atoms with Crippen LogP contribution >= 0.6 is 0 Å². The summed E-state index contributed by atoms with van der Waals surface area (Å²) in [6.07, 6.45) is 0. The Balaban J connectivity index is 1.84. The molecule has 2 aromatic carbocycles. The van der Waals surface area contributed by atoms with E-state index in [1.54, 1.807) is 24.3 Å². The topological polar surface area (TPSA) is 50.4 Å². The van der Waals surface area contributed by atoms with Crippen LogP contribution in [0.15, 0.2) is 48.5 Å². The molecule has 0 atom stereocenters. The Hall–Kier alpha value is -2.56. The number of carbonyl (C=O) groups is 1. The van der Waals surface area contributed by atoms with Crippen molar-refractivity contribution in [3.05, 3.63) is 54.3 Å². The molecule has 2 N–H and O–H groups in total. The molecule has 1 amide bonds. The summed E-state index contributed by atoms with van der Waals surface area (Å²) in [5, 5.41) is 5.73. The van der Waals surface area contributed by atoms with Gasteiger partial charge in [-0.15, -0.1) is 0 Å². The summed E-state index contributed by atoms with van der Waals surface area (Å²) < 4.78 is 18.4. The fraction of sp³-hybridized carbons (Fsp3) is 0.278. The average Bonchev–Trinajstić information content (AvgIpc) is 2.53. The van der Waals surface area contributed by atoms with E-state index in [2.05, 4.69) is 24.5 Å². The van der Waals surface area contributed by atoms with E-state index in [9.17, 15) is 9.18 Å². The normalized spacial score (nSPS) is 10.4. The minimum absolute atomic E-state index is 0.0999. The lowest BCUT2D eigenvalue weighted by Crippen LogP contribution is -2.21. The second-order valence-electron chi connectivity index (χ2n) is 5.64. The number of carbonyl (C=O) groups excluding carboxylic acids is 1. The lowest BCUT2D eigenvalue weighted by atomic mass is 10.2. The van der Waals surface area contributed by atoms with Gasteiger partial charge in [0.05, 0.1) is 13.2 Å². The van der Waals surface area contributed by atoms with Gasteiger partial charge in [0.25, 0.3) is 0 Å². The van der Waals surface area contributed by atoms with E-state index in [0.717, 1.165) is 5.75 Å². The number of benzene rings is 2. The van der Waals surface area contributed by atoms with E-state index < -0.39 is 0 Å². The molecule has 0 aliphatic rings. The van der Waals surface area contributed by atoms with Gasteiger partial charge in [0.15, 0.2) is 0 Å². The first kappa shape index (κ1) is 16.8. The van der Waals surface area contributed by atoms with Gasteiger partial charge in [-0.3, -0.25) is 4.79 Å². The minimum atomic E-state index is -0.307. The van der Waals surface area contributed by atoms with Gasteiger partial charge in [0.2, 0.25) is 5.91 Å². The molecule has 0 unspecified atom stereocenters. The third kappa shape index (κ3) is 5.98. The molecule has 2 rings (SSSR count). The Morgan fingerprint density at radius 2 is 1.87 bits per heavy atom. The molecule has 0 aliphatic heterocycles. The largest absolute Gasteiger partial charge is 0.493 e. The van der Waals surface area contributed by atoms with Crippen molar-refractivity contribution >= 4 is 17.3 Å². The van der Waals surface area contributed by atoms with Gasteiger partial charge in [-0.2, -0.15) is 0 Å². The Kier molecular flexibility index (Phi) is 5.97. The summed E-state index contributed by atoms with van der Waals surface area (Å²) in [7, 11) is 0. The van der Waals surface area contributed by atoms with Crippen molar-refractivity contribution in [3.8, 4) is 5.75 Å². The zero-order valence-electron chi connectivity index (χ0n) is 13.3. The molecule has 0 aromatic heterocycles. The molecule has 0 radical (unpaired) electrons. The number of nitrogens with one attached hydrogen (secondary N) is 2. The van der Waals surface area contributed by atoms with Crippen LogP contribution in [0.1, 0.15) is 13.8 Å².